The van der Waals surface area contributed by atoms with Crippen molar-refractivity contribution < 1.29 is 19.1 Å². The van der Waals surface area contributed by atoms with Crippen LogP contribution in [0.2, 0.25) is 0 Å². The Balaban J connectivity index is 1.95. The maximum Gasteiger partial charge on any atom is 0.331 e. The zero-order valence-corrected chi connectivity index (χ0v) is 17.5. The Bertz CT molecular complexity index is 424. The van der Waals surface area contributed by atoms with E-state index in [1.54, 1.807) is 0 Å². The highest BCUT2D eigenvalue weighted by Gasteiger charge is 2.23. The quantitative estimate of drug-likeness (QED) is 0.195. The molecule has 1 rings (SSSR count). The first kappa shape index (κ1) is 23.7. The molecule has 0 saturated heterocycles. The third kappa shape index (κ3) is 12.6. The van der Waals surface area contributed by atoms with Crippen molar-refractivity contribution in [2.45, 2.75) is 110 Å². The molecule has 1 atom stereocenters. The lowest BCUT2D eigenvalue weighted by atomic mass is 10.0. The lowest BCUT2D eigenvalue weighted by Gasteiger charge is -2.18. The summed E-state index contributed by atoms with van der Waals surface area (Å²) in [6.45, 7) is 4.60. The summed E-state index contributed by atoms with van der Waals surface area (Å²) >= 11 is 0. The van der Waals surface area contributed by atoms with Gasteiger partial charge in [0.05, 0.1) is 6.61 Å². The van der Waals surface area contributed by atoms with Gasteiger partial charge in [-0.05, 0) is 32.1 Å². The van der Waals surface area contributed by atoms with Gasteiger partial charge in [-0.3, -0.25) is 0 Å². The van der Waals surface area contributed by atoms with Gasteiger partial charge >= 0.3 is 11.9 Å². The van der Waals surface area contributed by atoms with Crippen LogP contribution in [0, 0.1) is 5.92 Å². The standard InChI is InChI=1S/C23H40O4/c1-3-4-5-6-7-8-9-10-11-14-19-26-22(24)17-18-23(25)27-20(2)21-15-12-13-16-21/h17-18,20-21H,3-16,19H2,1-2H3/b18-17+. The molecule has 0 amide bonds. The van der Waals surface area contributed by atoms with Crippen LogP contribution in [0.5, 0.6) is 0 Å². The third-order valence-corrected chi connectivity index (χ3v) is 5.46. The van der Waals surface area contributed by atoms with Gasteiger partial charge in [-0.25, -0.2) is 9.59 Å². The van der Waals surface area contributed by atoms with Crippen LogP contribution in [0.4, 0.5) is 0 Å². The number of carbonyl (C=O) groups excluding carboxylic acids is 2. The van der Waals surface area contributed by atoms with Crippen LogP contribution >= 0.6 is 0 Å². The molecule has 0 spiro atoms. The molecular formula is C23H40O4. The zero-order valence-electron chi connectivity index (χ0n) is 17.5. The topological polar surface area (TPSA) is 52.6 Å². The highest BCUT2D eigenvalue weighted by molar-refractivity contribution is 5.91. The molecule has 4 heteroatoms. The Morgan fingerprint density at radius 3 is 1.96 bits per heavy atom. The maximum absolute atomic E-state index is 11.8. The smallest absolute Gasteiger partial charge is 0.331 e. The molecule has 0 N–H and O–H groups in total. The lowest BCUT2D eigenvalue weighted by Crippen LogP contribution is -2.21. The van der Waals surface area contributed by atoms with Crippen molar-refractivity contribution in [1.82, 2.24) is 0 Å². The summed E-state index contributed by atoms with van der Waals surface area (Å²) in [6, 6.07) is 0. The van der Waals surface area contributed by atoms with Gasteiger partial charge in [0.2, 0.25) is 0 Å². The lowest BCUT2D eigenvalue weighted by molar-refractivity contribution is -0.145. The van der Waals surface area contributed by atoms with Gasteiger partial charge in [0.15, 0.2) is 0 Å². The van der Waals surface area contributed by atoms with Crippen LogP contribution in [-0.4, -0.2) is 24.6 Å². The highest BCUT2D eigenvalue weighted by atomic mass is 16.5. The predicted octanol–water partition coefficient (Wildman–Crippen LogP) is 6.13. The first-order valence-corrected chi connectivity index (χ1v) is 11.2. The van der Waals surface area contributed by atoms with E-state index >= 15 is 0 Å². The summed E-state index contributed by atoms with van der Waals surface area (Å²) in [5, 5.41) is 0. The largest absolute Gasteiger partial charge is 0.463 e. The van der Waals surface area contributed by atoms with E-state index in [0.29, 0.717) is 12.5 Å². The van der Waals surface area contributed by atoms with Crippen molar-refractivity contribution in [3.05, 3.63) is 12.2 Å². The molecular weight excluding hydrogens is 340 g/mol. The van der Waals surface area contributed by atoms with Crippen molar-refractivity contribution in [3.63, 3.8) is 0 Å². The monoisotopic (exact) mass is 380 g/mol. The summed E-state index contributed by atoms with van der Waals surface area (Å²) in [5.74, 6) is -0.452. The Kier molecular flexibility index (Phi) is 13.8. The Labute approximate surface area is 166 Å². The maximum atomic E-state index is 11.8. The van der Waals surface area contributed by atoms with E-state index in [1.165, 1.54) is 76.4 Å². The predicted molar refractivity (Wildman–Crippen MR) is 109 cm³/mol. The average molecular weight is 381 g/mol. The Hall–Kier alpha value is -1.32. The number of esters is 2. The number of hydrogen-bond donors (Lipinski definition) is 0. The molecule has 0 aliphatic heterocycles. The molecule has 0 heterocycles. The Morgan fingerprint density at radius 1 is 0.852 bits per heavy atom. The molecule has 1 saturated carbocycles. The third-order valence-electron chi connectivity index (χ3n) is 5.46. The van der Waals surface area contributed by atoms with Crippen LogP contribution in [0.15, 0.2) is 12.2 Å². The second kappa shape index (κ2) is 15.7. The minimum Gasteiger partial charge on any atom is -0.463 e. The zero-order chi connectivity index (χ0) is 19.7. The van der Waals surface area contributed by atoms with Crippen molar-refractivity contribution in [1.29, 1.82) is 0 Å². The number of carbonyl (C=O) groups is 2. The van der Waals surface area contributed by atoms with Crippen molar-refractivity contribution >= 4 is 11.9 Å². The molecule has 0 bridgehead atoms. The summed E-state index contributed by atoms with van der Waals surface area (Å²) in [4.78, 5) is 23.4. The molecule has 0 aromatic carbocycles. The van der Waals surface area contributed by atoms with E-state index in [4.69, 9.17) is 9.47 Å². The molecule has 1 aliphatic carbocycles. The minimum absolute atomic E-state index is 0.0766. The molecule has 0 aromatic heterocycles. The van der Waals surface area contributed by atoms with Gasteiger partial charge in [0.25, 0.3) is 0 Å². The first-order valence-electron chi connectivity index (χ1n) is 11.2. The fraction of sp³-hybridized carbons (Fsp3) is 0.826. The second-order valence-electron chi connectivity index (χ2n) is 7.87. The summed E-state index contributed by atoms with van der Waals surface area (Å²) in [5.41, 5.74) is 0. The minimum atomic E-state index is -0.462. The van der Waals surface area contributed by atoms with Crippen molar-refractivity contribution in [2.24, 2.45) is 5.92 Å². The molecule has 4 nitrogen and oxygen atoms in total. The second-order valence-corrected chi connectivity index (χ2v) is 7.87. The molecule has 156 valence electrons. The van der Waals surface area contributed by atoms with Crippen LogP contribution in [0.1, 0.15) is 104 Å². The normalized spacial score (nSPS) is 15.9. The average Bonchev–Trinajstić information content (AvgIpc) is 3.19. The van der Waals surface area contributed by atoms with Gasteiger partial charge in [-0.1, -0.05) is 77.6 Å². The van der Waals surface area contributed by atoms with E-state index in [0.717, 1.165) is 25.7 Å². The van der Waals surface area contributed by atoms with Gasteiger partial charge in [-0.15, -0.1) is 0 Å². The van der Waals surface area contributed by atoms with E-state index in [1.807, 2.05) is 6.92 Å². The van der Waals surface area contributed by atoms with E-state index in [-0.39, 0.29) is 6.10 Å². The highest BCUT2D eigenvalue weighted by Crippen LogP contribution is 2.29. The number of ether oxygens (including phenoxy) is 2. The van der Waals surface area contributed by atoms with Crippen LogP contribution in [0.3, 0.4) is 0 Å². The molecule has 1 fully saturated rings. The summed E-state index contributed by atoms with van der Waals surface area (Å²) < 4.78 is 10.5. The molecule has 0 radical (unpaired) electrons. The fourth-order valence-corrected chi connectivity index (χ4v) is 3.69. The number of hydrogen-bond acceptors (Lipinski definition) is 4. The Morgan fingerprint density at radius 2 is 1.37 bits per heavy atom. The molecule has 0 aromatic rings. The van der Waals surface area contributed by atoms with E-state index < -0.39 is 11.9 Å². The fourth-order valence-electron chi connectivity index (χ4n) is 3.69. The summed E-state index contributed by atoms with van der Waals surface area (Å²) in [6.07, 6.45) is 19.5. The number of unbranched alkanes of at least 4 members (excludes halogenated alkanes) is 9. The van der Waals surface area contributed by atoms with E-state index in [9.17, 15) is 9.59 Å². The van der Waals surface area contributed by atoms with Gasteiger partial charge in [0, 0.05) is 12.2 Å². The number of rotatable bonds is 15. The SMILES string of the molecule is CCCCCCCCCCCCOC(=O)/C=C/C(=O)OC(C)C1CCCC1. The van der Waals surface area contributed by atoms with Crippen LogP contribution in [0.25, 0.3) is 0 Å². The van der Waals surface area contributed by atoms with E-state index in [2.05, 4.69) is 6.92 Å². The van der Waals surface area contributed by atoms with Crippen LogP contribution < -0.4 is 0 Å². The summed E-state index contributed by atoms with van der Waals surface area (Å²) in [7, 11) is 0. The molecule has 27 heavy (non-hydrogen) atoms. The van der Waals surface area contributed by atoms with Gasteiger partial charge in [-0.2, -0.15) is 0 Å². The van der Waals surface area contributed by atoms with Crippen LogP contribution in [-0.2, 0) is 19.1 Å². The molecule has 1 unspecified atom stereocenters. The van der Waals surface area contributed by atoms with Crippen molar-refractivity contribution in [3.8, 4) is 0 Å². The first-order chi connectivity index (χ1) is 13.1. The van der Waals surface area contributed by atoms with Gasteiger partial charge < -0.3 is 9.47 Å². The van der Waals surface area contributed by atoms with Gasteiger partial charge in [0.1, 0.15) is 6.10 Å². The van der Waals surface area contributed by atoms with Crippen molar-refractivity contribution in [2.75, 3.05) is 6.61 Å². The molecule has 1 aliphatic rings.